The largest absolute Gasteiger partial charge is 0.328 e. The Balaban J connectivity index is 2.58. The van der Waals surface area contributed by atoms with Gasteiger partial charge in [-0.15, -0.1) is 0 Å². The molecule has 1 aromatic rings. The van der Waals surface area contributed by atoms with Crippen LogP contribution < -0.4 is 11.2 Å². The maximum Gasteiger partial charge on any atom is 0.328 e. The Kier molecular flexibility index (Phi) is 2.19. The van der Waals surface area contributed by atoms with E-state index < -0.39 is 11.2 Å². The van der Waals surface area contributed by atoms with E-state index in [9.17, 15) is 9.59 Å². The van der Waals surface area contributed by atoms with Gasteiger partial charge < -0.3 is 0 Å². The monoisotopic (exact) mass is 205 g/mol. The average molecular weight is 205 g/mol. The van der Waals surface area contributed by atoms with Gasteiger partial charge in [-0.1, -0.05) is 0 Å². The van der Waals surface area contributed by atoms with E-state index >= 15 is 0 Å². The van der Waals surface area contributed by atoms with Crippen LogP contribution in [0, 0.1) is 24.2 Å². The minimum atomic E-state index is -0.591. The van der Waals surface area contributed by atoms with Gasteiger partial charge in [0.05, 0.1) is 0 Å². The Labute approximate surface area is 86.0 Å². The molecular weight excluding hydrogens is 194 g/mol. The van der Waals surface area contributed by atoms with Crippen molar-refractivity contribution in [3.05, 3.63) is 32.1 Å². The highest BCUT2D eigenvalue weighted by Gasteiger charge is 2.23. The molecule has 0 amide bonds. The van der Waals surface area contributed by atoms with E-state index in [0.717, 1.165) is 12.8 Å². The fourth-order valence-electron chi connectivity index (χ4n) is 1.59. The first-order valence-corrected chi connectivity index (χ1v) is 4.87. The van der Waals surface area contributed by atoms with E-state index in [-0.39, 0.29) is 5.56 Å². The number of aromatic amines is 1. The summed E-state index contributed by atoms with van der Waals surface area (Å²) < 4.78 is 1.48. The van der Waals surface area contributed by atoms with Gasteiger partial charge >= 0.3 is 5.69 Å². The molecule has 0 bridgehead atoms. The summed E-state index contributed by atoms with van der Waals surface area (Å²) in [7, 11) is 0. The molecule has 0 aromatic carbocycles. The molecule has 5 nitrogen and oxygen atoms in total. The lowest BCUT2D eigenvalue weighted by Crippen LogP contribution is -2.34. The van der Waals surface area contributed by atoms with Crippen molar-refractivity contribution in [1.82, 2.24) is 9.55 Å². The van der Waals surface area contributed by atoms with Gasteiger partial charge in [0.25, 0.3) is 5.56 Å². The molecule has 2 rings (SSSR count). The quantitative estimate of drug-likeness (QED) is 0.745. The minimum absolute atomic E-state index is 0.0373. The fraction of sp³-hybridized carbons (Fsp3) is 0.500. The highest BCUT2D eigenvalue weighted by Crippen LogP contribution is 2.30. The molecule has 1 aromatic heterocycles. The summed E-state index contributed by atoms with van der Waals surface area (Å²) in [6, 6.07) is 1.82. The first-order chi connectivity index (χ1) is 7.13. The lowest BCUT2D eigenvalue weighted by molar-refractivity contribution is 0.573. The summed E-state index contributed by atoms with van der Waals surface area (Å²) >= 11 is 0. The van der Waals surface area contributed by atoms with Crippen molar-refractivity contribution >= 4 is 0 Å². The second-order valence-corrected chi connectivity index (χ2v) is 3.89. The molecule has 0 atom stereocenters. The van der Waals surface area contributed by atoms with Crippen molar-refractivity contribution in [3.63, 3.8) is 0 Å². The van der Waals surface area contributed by atoms with Gasteiger partial charge in [0.2, 0.25) is 0 Å². The van der Waals surface area contributed by atoms with E-state index in [1.54, 1.807) is 6.92 Å². The topological polar surface area (TPSA) is 78.7 Å². The Hall–Kier alpha value is -1.83. The normalized spacial score (nSPS) is 14.9. The summed E-state index contributed by atoms with van der Waals surface area (Å²) in [5.74, 6) is 0.527. The van der Waals surface area contributed by atoms with Crippen molar-refractivity contribution in [3.8, 4) is 6.07 Å². The Morgan fingerprint density at radius 1 is 1.53 bits per heavy atom. The third kappa shape index (κ3) is 1.71. The molecule has 15 heavy (non-hydrogen) atoms. The summed E-state index contributed by atoms with van der Waals surface area (Å²) in [4.78, 5) is 24.9. The Morgan fingerprint density at radius 2 is 2.20 bits per heavy atom. The van der Waals surface area contributed by atoms with Crippen LogP contribution >= 0.6 is 0 Å². The van der Waals surface area contributed by atoms with Crippen molar-refractivity contribution in [1.29, 1.82) is 5.26 Å². The first-order valence-electron chi connectivity index (χ1n) is 4.87. The summed E-state index contributed by atoms with van der Waals surface area (Å²) in [5.41, 5.74) is -0.496. The van der Waals surface area contributed by atoms with E-state index in [2.05, 4.69) is 4.98 Å². The molecule has 1 N–H and O–H groups in total. The summed E-state index contributed by atoms with van der Waals surface area (Å²) in [6.45, 7) is 2.24. The smallest absolute Gasteiger partial charge is 0.296 e. The van der Waals surface area contributed by atoms with E-state index in [4.69, 9.17) is 5.26 Å². The predicted molar refractivity (Wildman–Crippen MR) is 53.5 cm³/mol. The number of rotatable bonds is 2. The number of nitrogens with one attached hydrogen (secondary N) is 1. The van der Waals surface area contributed by atoms with Gasteiger partial charge in [-0.3, -0.25) is 14.3 Å². The second kappa shape index (κ2) is 3.39. The minimum Gasteiger partial charge on any atom is -0.296 e. The molecule has 1 heterocycles. The molecule has 0 radical (unpaired) electrons. The van der Waals surface area contributed by atoms with Crippen LogP contribution in [-0.2, 0) is 6.54 Å². The van der Waals surface area contributed by atoms with Gasteiger partial charge in [0, 0.05) is 12.2 Å². The van der Waals surface area contributed by atoms with Crippen LogP contribution in [0.2, 0.25) is 0 Å². The maximum absolute atomic E-state index is 11.5. The lowest BCUT2D eigenvalue weighted by atomic mass is 10.2. The number of nitrogens with zero attached hydrogens (tertiary/aromatic N) is 2. The Morgan fingerprint density at radius 3 is 2.73 bits per heavy atom. The number of nitriles is 1. The van der Waals surface area contributed by atoms with Gasteiger partial charge in [-0.25, -0.2) is 4.79 Å². The number of aromatic nitrogens is 2. The molecule has 1 fully saturated rings. The standard InChI is InChI=1S/C10H11N3O2/c1-6-8(4-11)9(14)12-10(15)13(6)5-7-2-3-7/h7H,2-3,5H2,1H3,(H,12,14,15). The van der Waals surface area contributed by atoms with Crippen LogP contribution in [-0.4, -0.2) is 9.55 Å². The number of H-pyrrole nitrogens is 1. The van der Waals surface area contributed by atoms with E-state index in [1.165, 1.54) is 4.57 Å². The average Bonchev–Trinajstić information content (AvgIpc) is 2.96. The molecule has 5 heteroatoms. The molecular formula is C10H11N3O2. The van der Waals surface area contributed by atoms with Crippen LogP contribution in [0.1, 0.15) is 24.1 Å². The van der Waals surface area contributed by atoms with E-state index in [0.29, 0.717) is 18.2 Å². The van der Waals surface area contributed by atoms with Crippen molar-refractivity contribution in [2.45, 2.75) is 26.3 Å². The third-order valence-corrected chi connectivity index (χ3v) is 2.71. The van der Waals surface area contributed by atoms with Crippen molar-refractivity contribution in [2.24, 2.45) is 5.92 Å². The zero-order valence-electron chi connectivity index (χ0n) is 8.41. The van der Waals surface area contributed by atoms with Crippen LogP contribution in [0.15, 0.2) is 9.59 Å². The summed E-state index contributed by atoms with van der Waals surface area (Å²) in [6.07, 6.45) is 2.24. The number of hydrogen-bond donors (Lipinski definition) is 1. The van der Waals surface area contributed by atoms with E-state index in [1.807, 2.05) is 6.07 Å². The van der Waals surface area contributed by atoms with Crippen LogP contribution in [0.4, 0.5) is 0 Å². The highest BCUT2D eigenvalue weighted by molar-refractivity contribution is 5.29. The van der Waals surface area contributed by atoms with Gasteiger partial charge in [0.1, 0.15) is 11.6 Å². The maximum atomic E-state index is 11.5. The number of hydrogen-bond acceptors (Lipinski definition) is 3. The van der Waals surface area contributed by atoms with Gasteiger partial charge in [-0.05, 0) is 25.7 Å². The molecule has 1 aliphatic carbocycles. The summed E-state index contributed by atoms with van der Waals surface area (Å²) in [5, 5.41) is 8.78. The van der Waals surface area contributed by atoms with Crippen molar-refractivity contribution < 1.29 is 0 Å². The SMILES string of the molecule is Cc1c(C#N)c(=O)[nH]c(=O)n1CC1CC1. The van der Waals surface area contributed by atoms with Crippen LogP contribution in [0.3, 0.4) is 0 Å². The Bertz CT molecular complexity index is 543. The van der Waals surface area contributed by atoms with Crippen molar-refractivity contribution in [2.75, 3.05) is 0 Å². The predicted octanol–water partition coefficient (Wildman–Crippen LogP) is 0.127. The molecule has 1 aliphatic rings. The third-order valence-electron chi connectivity index (χ3n) is 2.71. The zero-order chi connectivity index (χ0) is 11.0. The molecule has 0 aliphatic heterocycles. The lowest BCUT2D eigenvalue weighted by Gasteiger charge is -2.08. The molecule has 0 spiro atoms. The van der Waals surface area contributed by atoms with Crippen LogP contribution in [0.25, 0.3) is 0 Å². The second-order valence-electron chi connectivity index (χ2n) is 3.89. The van der Waals surface area contributed by atoms with Crippen LogP contribution in [0.5, 0.6) is 0 Å². The van der Waals surface area contributed by atoms with Gasteiger partial charge in [0.15, 0.2) is 0 Å². The first kappa shape index (κ1) is 9.71. The fourth-order valence-corrected chi connectivity index (χ4v) is 1.59. The van der Waals surface area contributed by atoms with Gasteiger partial charge in [-0.2, -0.15) is 5.26 Å². The molecule has 78 valence electrons. The molecule has 1 saturated carbocycles. The zero-order valence-corrected chi connectivity index (χ0v) is 8.41. The molecule has 0 saturated heterocycles. The molecule has 0 unspecified atom stereocenters. The highest BCUT2D eigenvalue weighted by atomic mass is 16.2.